The molecule has 0 saturated carbocycles. The van der Waals surface area contributed by atoms with Crippen LogP contribution in [0.5, 0.6) is 0 Å². The molecule has 1 aliphatic rings. The molecule has 0 unspecified atom stereocenters. The summed E-state index contributed by atoms with van der Waals surface area (Å²) in [5.74, 6) is 0.681. The Morgan fingerprint density at radius 1 is 1.39 bits per heavy atom. The molecule has 2 amide bonds. The second kappa shape index (κ2) is 6.16. The molecule has 0 aromatic carbocycles. The maximum absolute atomic E-state index is 12.7. The number of furan rings is 1. The molecule has 6 nitrogen and oxygen atoms in total. The number of amides is 2. The van der Waals surface area contributed by atoms with Gasteiger partial charge in [-0.2, -0.15) is 0 Å². The first kappa shape index (κ1) is 15.7. The second-order valence-electron chi connectivity index (χ2n) is 5.93. The monoisotopic (exact) mass is 333 g/mol. The Morgan fingerprint density at radius 2 is 2.17 bits per heavy atom. The number of aryl methyl sites for hydroxylation is 1. The molecule has 0 radical (unpaired) electrons. The predicted molar refractivity (Wildman–Crippen MR) is 87.0 cm³/mol. The normalized spacial score (nSPS) is 21.4. The Bertz CT molecular complexity index is 737. The highest BCUT2D eigenvalue weighted by atomic mass is 32.1. The Balaban J connectivity index is 1.79. The van der Waals surface area contributed by atoms with Crippen LogP contribution in [0.4, 0.5) is 0 Å². The Morgan fingerprint density at radius 3 is 2.83 bits per heavy atom. The van der Waals surface area contributed by atoms with Crippen LogP contribution in [-0.2, 0) is 4.79 Å². The van der Waals surface area contributed by atoms with Crippen LogP contribution in [-0.4, -0.2) is 34.3 Å². The Kier molecular flexibility index (Phi) is 4.21. The number of hydrogen-bond acceptors (Lipinski definition) is 5. The van der Waals surface area contributed by atoms with Gasteiger partial charge in [0.15, 0.2) is 10.8 Å². The molecule has 2 aromatic heterocycles. The van der Waals surface area contributed by atoms with Crippen LogP contribution in [0.15, 0.2) is 21.9 Å². The summed E-state index contributed by atoms with van der Waals surface area (Å²) in [6.07, 6.45) is 1.50. The fourth-order valence-corrected chi connectivity index (χ4v) is 3.56. The molecule has 0 aliphatic carbocycles. The number of aromatic nitrogens is 1. The van der Waals surface area contributed by atoms with Crippen LogP contribution in [0.1, 0.15) is 36.0 Å². The number of hydrogen-bond donors (Lipinski definition) is 1. The topological polar surface area (TPSA) is 89.4 Å². The molecule has 1 fully saturated rings. The number of carbonyl (C=O) groups is 2. The average molecular weight is 333 g/mol. The molecule has 2 atom stereocenters. The number of likely N-dealkylation sites (tertiary alicyclic amines) is 1. The van der Waals surface area contributed by atoms with E-state index < -0.39 is 0 Å². The highest BCUT2D eigenvalue weighted by Crippen LogP contribution is 2.28. The quantitative estimate of drug-likeness (QED) is 0.934. The zero-order chi connectivity index (χ0) is 16.6. The maximum atomic E-state index is 12.7. The van der Waals surface area contributed by atoms with Crippen molar-refractivity contribution in [3.63, 3.8) is 0 Å². The molecular formula is C16H19N3O3S. The van der Waals surface area contributed by atoms with Crippen LogP contribution in [0.25, 0.3) is 10.8 Å². The lowest BCUT2D eigenvalue weighted by molar-refractivity contribution is -0.123. The molecule has 1 aliphatic heterocycles. The summed E-state index contributed by atoms with van der Waals surface area (Å²) < 4.78 is 5.54. The lowest BCUT2D eigenvalue weighted by Gasteiger charge is -2.36. The van der Waals surface area contributed by atoms with Gasteiger partial charge in [-0.15, -0.1) is 11.3 Å². The van der Waals surface area contributed by atoms with Crippen molar-refractivity contribution in [3.8, 4) is 10.8 Å². The lowest BCUT2D eigenvalue weighted by Crippen LogP contribution is -2.48. The van der Waals surface area contributed by atoms with Gasteiger partial charge in [-0.25, -0.2) is 4.98 Å². The molecule has 1 saturated heterocycles. The third kappa shape index (κ3) is 3.14. The zero-order valence-electron chi connectivity index (χ0n) is 13.1. The highest BCUT2D eigenvalue weighted by molar-refractivity contribution is 7.13. The summed E-state index contributed by atoms with van der Waals surface area (Å²) in [5, 5.41) is 2.41. The minimum absolute atomic E-state index is 0.0779. The second-order valence-corrected chi connectivity index (χ2v) is 6.79. The number of nitrogens with two attached hydrogens (primary N) is 1. The van der Waals surface area contributed by atoms with Crippen molar-refractivity contribution in [1.29, 1.82) is 0 Å². The highest BCUT2D eigenvalue weighted by Gasteiger charge is 2.33. The van der Waals surface area contributed by atoms with Crippen LogP contribution in [0.2, 0.25) is 0 Å². The van der Waals surface area contributed by atoms with Gasteiger partial charge in [-0.1, -0.05) is 0 Å². The third-order valence-electron chi connectivity index (χ3n) is 4.22. The van der Waals surface area contributed by atoms with Crippen LogP contribution >= 0.6 is 11.3 Å². The number of carbonyl (C=O) groups excluding carboxylic acids is 2. The number of nitrogens with zero attached hydrogens (tertiary/aromatic N) is 2. The molecule has 2 aromatic rings. The van der Waals surface area contributed by atoms with Crippen molar-refractivity contribution >= 4 is 23.2 Å². The van der Waals surface area contributed by atoms with E-state index in [2.05, 4.69) is 4.98 Å². The molecule has 3 heterocycles. The Labute approximate surface area is 138 Å². The predicted octanol–water partition coefficient (Wildman–Crippen LogP) is 2.44. The minimum Gasteiger partial charge on any atom is -0.459 e. The summed E-state index contributed by atoms with van der Waals surface area (Å²) in [7, 11) is 0. The van der Waals surface area contributed by atoms with Gasteiger partial charge in [-0.05, 0) is 38.8 Å². The first-order chi connectivity index (χ1) is 11.0. The van der Waals surface area contributed by atoms with Crippen molar-refractivity contribution in [2.75, 3.05) is 6.54 Å². The van der Waals surface area contributed by atoms with Gasteiger partial charge in [-0.3, -0.25) is 9.59 Å². The maximum Gasteiger partial charge on any atom is 0.273 e. The van der Waals surface area contributed by atoms with Crippen LogP contribution < -0.4 is 5.73 Å². The number of piperidine rings is 1. The van der Waals surface area contributed by atoms with E-state index in [0.29, 0.717) is 23.0 Å². The van der Waals surface area contributed by atoms with Crippen molar-refractivity contribution in [2.24, 2.45) is 11.7 Å². The molecule has 0 bridgehead atoms. The molecule has 0 spiro atoms. The summed E-state index contributed by atoms with van der Waals surface area (Å²) in [6, 6.07) is 3.78. The van der Waals surface area contributed by atoms with E-state index in [-0.39, 0.29) is 23.8 Å². The van der Waals surface area contributed by atoms with Gasteiger partial charge in [0.1, 0.15) is 11.5 Å². The number of rotatable bonds is 3. The lowest BCUT2D eigenvalue weighted by atomic mass is 9.93. The van der Waals surface area contributed by atoms with E-state index in [1.807, 2.05) is 26.0 Å². The van der Waals surface area contributed by atoms with Gasteiger partial charge in [0.05, 0.1) is 5.92 Å². The standard InChI is InChI=1S/C16H19N3O3S/c1-9-3-5-11(14(17)20)7-19(9)16(21)12-8-23-15(18-12)13-6-4-10(2)22-13/h4,6,8-9,11H,3,5,7H2,1-2H3,(H2,17,20)/t9-,11+/m0/s1. The van der Waals surface area contributed by atoms with E-state index in [1.165, 1.54) is 11.3 Å². The molecule has 122 valence electrons. The van der Waals surface area contributed by atoms with Crippen molar-refractivity contribution in [3.05, 3.63) is 29.0 Å². The van der Waals surface area contributed by atoms with Crippen LogP contribution in [0.3, 0.4) is 0 Å². The minimum atomic E-state index is -0.347. The van der Waals surface area contributed by atoms with Crippen molar-refractivity contribution in [1.82, 2.24) is 9.88 Å². The molecule has 2 N–H and O–H groups in total. The SMILES string of the molecule is Cc1ccc(-c2nc(C(=O)N3C[C@H](C(N)=O)CC[C@@H]3C)cs2)o1. The first-order valence-electron chi connectivity index (χ1n) is 7.58. The summed E-state index contributed by atoms with van der Waals surface area (Å²) >= 11 is 1.37. The van der Waals surface area contributed by atoms with Gasteiger partial charge >= 0.3 is 0 Å². The van der Waals surface area contributed by atoms with Gasteiger partial charge in [0.2, 0.25) is 5.91 Å². The molecule has 7 heteroatoms. The molecule has 23 heavy (non-hydrogen) atoms. The smallest absolute Gasteiger partial charge is 0.273 e. The van der Waals surface area contributed by atoms with Gasteiger partial charge in [0, 0.05) is 18.0 Å². The van der Waals surface area contributed by atoms with Crippen LogP contribution in [0, 0.1) is 12.8 Å². The zero-order valence-corrected chi connectivity index (χ0v) is 13.9. The number of thiazole rings is 1. The Hall–Kier alpha value is -2.15. The van der Waals surface area contributed by atoms with E-state index in [4.69, 9.17) is 10.2 Å². The number of primary amides is 1. The fraction of sp³-hybridized carbons (Fsp3) is 0.438. The van der Waals surface area contributed by atoms with Crippen molar-refractivity contribution < 1.29 is 14.0 Å². The largest absolute Gasteiger partial charge is 0.459 e. The van der Waals surface area contributed by atoms with E-state index in [9.17, 15) is 9.59 Å². The van der Waals surface area contributed by atoms with E-state index >= 15 is 0 Å². The third-order valence-corrected chi connectivity index (χ3v) is 5.08. The molecular weight excluding hydrogens is 314 g/mol. The van der Waals surface area contributed by atoms with E-state index in [1.54, 1.807) is 10.3 Å². The van der Waals surface area contributed by atoms with E-state index in [0.717, 1.165) is 18.6 Å². The molecule has 3 rings (SSSR count). The fourth-order valence-electron chi connectivity index (χ4n) is 2.80. The van der Waals surface area contributed by atoms with Gasteiger partial charge in [0.25, 0.3) is 5.91 Å². The van der Waals surface area contributed by atoms with Crippen molar-refractivity contribution in [2.45, 2.75) is 32.7 Å². The summed E-state index contributed by atoms with van der Waals surface area (Å²) in [6.45, 7) is 4.21. The summed E-state index contributed by atoms with van der Waals surface area (Å²) in [4.78, 5) is 30.2. The average Bonchev–Trinajstić information content (AvgIpc) is 3.15. The first-order valence-corrected chi connectivity index (χ1v) is 8.46. The summed E-state index contributed by atoms with van der Waals surface area (Å²) in [5.41, 5.74) is 5.78. The van der Waals surface area contributed by atoms with Gasteiger partial charge < -0.3 is 15.1 Å².